The van der Waals surface area contributed by atoms with Crippen molar-refractivity contribution in [2.45, 2.75) is 125 Å². The average Bonchev–Trinajstić information content (AvgIpc) is 2.90. The summed E-state index contributed by atoms with van der Waals surface area (Å²) in [5.74, 6) is 4.73. The Labute approximate surface area is 244 Å². The normalized spacial score (nSPS) is 18.1. The molecule has 0 saturated heterocycles. The van der Waals surface area contributed by atoms with E-state index in [4.69, 9.17) is 14.2 Å². The van der Waals surface area contributed by atoms with Crippen LogP contribution in [-0.2, 0) is 11.2 Å². The minimum Gasteiger partial charge on any atom is -0.487 e. The number of hydrogen-bond acceptors (Lipinski definition) is 4. The molecule has 4 nitrogen and oxygen atoms in total. The van der Waals surface area contributed by atoms with Gasteiger partial charge in [-0.2, -0.15) is 0 Å². The van der Waals surface area contributed by atoms with Crippen molar-refractivity contribution in [3.63, 3.8) is 0 Å². The molecule has 40 heavy (non-hydrogen) atoms. The van der Waals surface area contributed by atoms with E-state index in [9.17, 15) is 4.79 Å². The Morgan fingerprint density at radius 3 is 2.12 bits per heavy atom. The van der Waals surface area contributed by atoms with E-state index in [2.05, 4.69) is 54.5 Å². The number of rotatable bonds is 15. The molecule has 4 heteroatoms. The van der Waals surface area contributed by atoms with Crippen LogP contribution < -0.4 is 9.47 Å². The maximum absolute atomic E-state index is 11.7. The summed E-state index contributed by atoms with van der Waals surface area (Å²) in [6.07, 6.45) is 13.9. The summed E-state index contributed by atoms with van der Waals surface area (Å²) in [5, 5.41) is 0. The van der Waals surface area contributed by atoms with Crippen molar-refractivity contribution in [1.29, 1.82) is 0 Å². The van der Waals surface area contributed by atoms with Crippen molar-refractivity contribution in [2.75, 3.05) is 7.11 Å². The first-order chi connectivity index (χ1) is 19.0. The largest absolute Gasteiger partial charge is 0.487 e. The van der Waals surface area contributed by atoms with Gasteiger partial charge < -0.3 is 14.2 Å². The minimum absolute atomic E-state index is 0.109. The zero-order valence-electron chi connectivity index (χ0n) is 26.5. The Morgan fingerprint density at radius 1 is 0.925 bits per heavy atom. The van der Waals surface area contributed by atoms with Crippen LogP contribution >= 0.6 is 0 Å². The molecule has 0 saturated carbocycles. The summed E-state index contributed by atoms with van der Waals surface area (Å²) in [6.45, 7) is 16.0. The Hall–Kier alpha value is -2.49. The zero-order valence-corrected chi connectivity index (χ0v) is 26.5. The predicted octanol–water partition coefficient (Wildman–Crippen LogP) is 10.4. The number of benzene rings is 2. The molecule has 0 amide bonds. The molecule has 3 unspecified atom stereocenters. The van der Waals surface area contributed by atoms with E-state index in [1.807, 2.05) is 12.1 Å². The summed E-state index contributed by atoms with van der Waals surface area (Å²) < 4.78 is 17.8. The van der Waals surface area contributed by atoms with E-state index in [1.54, 1.807) is 12.1 Å². The molecule has 0 aliphatic carbocycles. The van der Waals surface area contributed by atoms with Gasteiger partial charge in [0.25, 0.3) is 0 Å². The predicted molar refractivity (Wildman–Crippen MR) is 166 cm³/mol. The van der Waals surface area contributed by atoms with Crippen LogP contribution in [0.15, 0.2) is 30.3 Å². The van der Waals surface area contributed by atoms with Gasteiger partial charge in [0.05, 0.1) is 12.7 Å². The van der Waals surface area contributed by atoms with Crippen LogP contribution in [0, 0.1) is 31.6 Å². The summed E-state index contributed by atoms with van der Waals surface area (Å²) in [7, 11) is 1.39. The Kier molecular flexibility index (Phi) is 12.0. The molecule has 0 aromatic heterocycles. The molecule has 2 aromatic rings. The van der Waals surface area contributed by atoms with Crippen molar-refractivity contribution < 1.29 is 19.0 Å². The van der Waals surface area contributed by atoms with Gasteiger partial charge in [-0.3, -0.25) is 0 Å². The Morgan fingerprint density at radius 2 is 1.52 bits per heavy atom. The fraction of sp³-hybridized carbons (Fsp3) is 0.639. The number of carbonyl (C=O) groups is 1. The first kappa shape index (κ1) is 32.0. The third-order valence-corrected chi connectivity index (χ3v) is 8.83. The molecular formula is C36H54O4. The lowest BCUT2D eigenvalue weighted by Crippen LogP contribution is -2.36. The van der Waals surface area contributed by atoms with Crippen molar-refractivity contribution in [3.05, 3.63) is 52.6 Å². The quantitative estimate of drug-likeness (QED) is 0.207. The molecule has 222 valence electrons. The fourth-order valence-corrected chi connectivity index (χ4v) is 6.10. The Bertz CT molecular complexity index is 1090. The summed E-state index contributed by atoms with van der Waals surface area (Å²) in [4.78, 5) is 11.7. The average molecular weight is 551 g/mol. The van der Waals surface area contributed by atoms with Crippen LogP contribution in [0.3, 0.4) is 0 Å². The van der Waals surface area contributed by atoms with Crippen molar-refractivity contribution >= 4 is 5.97 Å². The van der Waals surface area contributed by atoms with Crippen LogP contribution in [0.1, 0.15) is 126 Å². The lowest BCUT2D eigenvalue weighted by Gasteiger charge is -2.37. The monoisotopic (exact) mass is 550 g/mol. The van der Waals surface area contributed by atoms with Crippen molar-refractivity contribution in [1.82, 2.24) is 0 Å². The third kappa shape index (κ3) is 9.28. The zero-order chi connectivity index (χ0) is 29.3. The second-order valence-corrected chi connectivity index (χ2v) is 13.2. The summed E-state index contributed by atoms with van der Waals surface area (Å²) in [5.41, 5.74) is 3.85. The van der Waals surface area contributed by atoms with E-state index in [-0.39, 0.29) is 11.6 Å². The van der Waals surface area contributed by atoms with Gasteiger partial charge in [0.2, 0.25) is 0 Å². The van der Waals surface area contributed by atoms with Gasteiger partial charge in [-0.1, -0.05) is 72.6 Å². The topological polar surface area (TPSA) is 44.8 Å². The van der Waals surface area contributed by atoms with Gasteiger partial charge in [0, 0.05) is 5.56 Å². The third-order valence-electron chi connectivity index (χ3n) is 8.83. The molecule has 1 aliphatic heterocycles. The Balaban J connectivity index is 1.49. The van der Waals surface area contributed by atoms with E-state index < -0.39 is 0 Å². The maximum atomic E-state index is 11.7. The van der Waals surface area contributed by atoms with E-state index >= 15 is 0 Å². The number of fused-ring (bicyclic) bond motifs is 1. The van der Waals surface area contributed by atoms with Crippen molar-refractivity contribution in [3.8, 4) is 17.2 Å². The number of carbonyl (C=O) groups excluding carboxylic acids is 1. The highest BCUT2D eigenvalue weighted by Crippen LogP contribution is 2.43. The SMILES string of the molecule is COC(=O)c1ccc(Oc2c(C)cc3c(c2C)CCC(C)(CCCC(C)CCCC(C)CCCC(C)C)O3)cc1. The molecule has 3 rings (SSSR count). The summed E-state index contributed by atoms with van der Waals surface area (Å²) in [6, 6.07) is 9.23. The van der Waals surface area contributed by atoms with Gasteiger partial charge in [-0.15, -0.1) is 0 Å². The molecule has 2 aromatic carbocycles. The highest BCUT2D eigenvalue weighted by atomic mass is 16.5. The van der Waals surface area contributed by atoms with E-state index in [0.29, 0.717) is 11.3 Å². The molecule has 0 N–H and O–H groups in total. The van der Waals surface area contributed by atoms with Gasteiger partial charge in [0.15, 0.2) is 0 Å². The lowest BCUT2D eigenvalue weighted by molar-refractivity contribution is 0.0520. The van der Waals surface area contributed by atoms with Crippen LogP contribution in [0.4, 0.5) is 0 Å². The minimum atomic E-state index is -0.347. The van der Waals surface area contributed by atoms with Crippen LogP contribution in [0.25, 0.3) is 0 Å². The summed E-state index contributed by atoms with van der Waals surface area (Å²) >= 11 is 0. The van der Waals surface area contributed by atoms with Crippen molar-refractivity contribution in [2.24, 2.45) is 17.8 Å². The smallest absolute Gasteiger partial charge is 0.337 e. The number of methoxy groups -OCH3 is 1. The van der Waals surface area contributed by atoms with Crippen LogP contribution in [-0.4, -0.2) is 18.7 Å². The fourth-order valence-electron chi connectivity index (χ4n) is 6.10. The molecule has 0 spiro atoms. The highest BCUT2D eigenvalue weighted by molar-refractivity contribution is 5.89. The highest BCUT2D eigenvalue weighted by Gasteiger charge is 2.33. The molecule has 3 atom stereocenters. The number of aryl methyl sites for hydroxylation is 1. The number of hydrogen-bond donors (Lipinski definition) is 0. The van der Waals surface area contributed by atoms with Crippen LogP contribution in [0.2, 0.25) is 0 Å². The standard InChI is InChI=1S/C36H54O4/c1-25(2)12-9-13-26(3)14-10-15-27(4)16-11-22-36(7)23-21-32-29(6)34(28(5)24-33(32)40-36)39-31-19-17-30(18-20-31)35(37)38-8/h17-20,24-27H,9-16,21-23H2,1-8H3. The van der Waals surface area contributed by atoms with Gasteiger partial charge in [-0.05, 0) is 106 Å². The number of esters is 1. The van der Waals surface area contributed by atoms with E-state index in [0.717, 1.165) is 59.6 Å². The maximum Gasteiger partial charge on any atom is 0.337 e. The molecular weight excluding hydrogens is 496 g/mol. The molecule has 0 fully saturated rings. The van der Waals surface area contributed by atoms with E-state index in [1.165, 1.54) is 64.0 Å². The molecule has 0 radical (unpaired) electrons. The van der Waals surface area contributed by atoms with Gasteiger partial charge >= 0.3 is 5.97 Å². The first-order valence-electron chi connectivity index (χ1n) is 15.7. The molecule has 1 aliphatic rings. The first-order valence-corrected chi connectivity index (χ1v) is 15.7. The van der Waals surface area contributed by atoms with Gasteiger partial charge in [0.1, 0.15) is 22.8 Å². The second kappa shape index (κ2) is 14.9. The lowest BCUT2D eigenvalue weighted by atomic mass is 9.85. The van der Waals surface area contributed by atoms with Crippen LogP contribution in [0.5, 0.6) is 17.2 Å². The van der Waals surface area contributed by atoms with Gasteiger partial charge in [-0.25, -0.2) is 4.79 Å². The molecule has 1 heterocycles. The second-order valence-electron chi connectivity index (χ2n) is 13.2. The molecule has 0 bridgehead atoms. The number of ether oxygens (including phenoxy) is 3.